The number of halogens is 3. The predicted octanol–water partition coefficient (Wildman–Crippen LogP) is 2.66. The SMILES string of the molecule is O=C(CNS(=O)(=O)c1ccc(Cl)c(Cl)c1)NOCc1ccc(F)cc1. The van der Waals surface area contributed by atoms with Crippen molar-refractivity contribution in [1.82, 2.24) is 10.2 Å². The summed E-state index contributed by atoms with van der Waals surface area (Å²) in [4.78, 5) is 16.4. The van der Waals surface area contributed by atoms with Crippen LogP contribution in [0.5, 0.6) is 0 Å². The summed E-state index contributed by atoms with van der Waals surface area (Å²) in [6.07, 6.45) is 0. The molecule has 2 rings (SSSR count). The summed E-state index contributed by atoms with van der Waals surface area (Å²) in [6.45, 7) is -0.530. The van der Waals surface area contributed by atoms with Crippen molar-refractivity contribution in [3.05, 3.63) is 63.9 Å². The molecular weight excluding hydrogens is 394 g/mol. The summed E-state index contributed by atoms with van der Waals surface area (Å²) in [7, 11) is -3.93. The number of amides is 1. The summed E-state index contributed by atoms with van der Waals surface area (Å²) >= 11 is 11.5. The number of benzene rings is 2. The van der Waals surface area contributed by atoms with Crippen molar-refractivity contribution in [3.63, 3.8) is 0 Å². The van der Waals surface area contributed by atoms with E-state index in [2.05, 4.69) is 10.2 Å². The lowest BCUT2D eigenvalue weighted by atomic mass is 10.2. The Balaban J connectivity index is 1.82. The fourth-order valence-electron chi connectivity index (χ4n) is 1.70. The van der Waals surface area contributed by atoms with Crippen molar-refractivity contribution in [2.24, 2.45) is 0 Å². The van der Waals surface area contributed by atoms with Crippen molar-refractivity contribution in [2.45, 2.75) is 11.5 Å². The van der Waals surface area contributed by atoms with Gasteiger partial charge in [0.25, 0.3) is 5.91 Å². The van der Waals surface area contributed by atoms with Crippen LogP contribution in [-0.2, 0) is 26.3 Å². The smallest absolute Gasteiger partial charge is 0.258 e. The maximum Gasteiger partial charge on any atom is 0.258 e. The van der Waals surface area contributed by atoms with E-state index >= 15 is 0 Å². The highest BCUT2D eigenvalue weighted by molar-refractivity contribution is 7.89. The Morgan fingerprint density at radius 1 is 1.08 bits per heavy atom. The fraction of sp³-hybridized carbons (Fsp3) is 0.133. The number of hydroxylamine groups is 1. The van der Waals surface area contributed by atoms with Gasteiger partial charge in [0.15, 0.2) is 0 Å². The van der Waals surface area contributed by atoms with Gasteiger partial charge in [-0.05, 0) is 35.9 Å². The van der Waals surface area contributed by atoms with Crippen molar-refractivity contribution in [1.29, 1.82) is 0 Å². The number of sulfonamides is 1. The molecule has 2 N–H and O–H groups in total. The quantitative estimate of drug-likeness (QED) is 0.692. The predicted molar refractivity (Wildman–Crippen MR) is 91.0 cm³/mol. The van der Waals surface area contributed by atoms with E-state index in [0.29, 0.717) is 5.56 Å². The average molecular weight is 407 g/mol. The molecule has 0 heterocycles. The van der Waals surface area contributed by atoms with Gasteiger partial charge in [-0.2, -0.15) is 0 Å². The maximum atomic E-state index is 12.7. The third-order valence-electron chi connectivity index (χ3n) is 2.96. The monoisotopic (exact) mass is 406 g/mol. The van der Waals surface area contributed by atoms with Gasteiger partial charge in [-0.1, -0.05) is 35.3 Å². The van der Waals surface area contributed by atoms with E-state index in [1.54, 1.807) is 0 Å². The summed E-state index contributed by atoms with van der Waals surface area (Å²) in [6, 6.07) is 9.28. The van der Waals surface area contributed by atoms with Gasteiger partial charge in [0.2, 0.25) is 10.0 Å². The van der Waals surface area contributed by atoms with Crippen LogP contribution in [-0.4, -0.2) is 20.9 Å². The Hall–Kier alpha value is -1.71. The van der Waals surface area contributed by atoms with Crippen LogP contribution in [0.2, 0.25) is 10.0 Å². The minimum atomic E-state index is -3.93. The largest absolute Gasteiger partial charge is 0.271 e. The van der Waals surface area contributed by atoms with E-state index in [-0.39, 0.29) is 27.4 Å². The lowest BCUT2D eigenvalue weighted by molar-refractivity contribution is -0.133. The normalized spacial score (nSPS) is 11.3. The molecule has 0 saturated heterocycles. The Labute approximate surface area is 153 Å². The second-order valence-electron chi connectivity index (χ2n) is 4.84. The van der Waals surface area contributed by atoms with Crippen LogP contribution in [0.1, 0.15) is 5.56 Å². The Morgan fingerprint density at radius 2 is 1.76 bits per heavy atom. The number of carbonyl (C=O) groups is 1. The molecule has 0 unspecified atom stereocenters. The molecule has 134 valence electrons. The molecule has 0 bridgehead atoms. The fourth-order valence-corrected chi connectivity index (χ4v) is 3.08. The van der Waals surface area contributed by atoms with Crippen molar-refractivity contribution in [2.75, 3.05) is 6.54 Å². The number of carbonyl (C=O) groups excluding carboxylic acids is 1. The molecule has 0 aromatic heterocycles. The zero-order valence-electron chi connectivity index (χ0n) is 12.6. The minimum Gasteiger partial charge on any atom is -0.271 e. The third-order valence-corrected chi connectivity index (χ3v) is 5.10. The first kappa shape index (κ1) is 19.6. The molecular formula is C15H13Cl2FN2O4S. The van der Waals surface area contributed by atoms with Gasteiger partial charge in [-0.15, -0.1) is 0 Å². The molecule has 25 heavy (non-hydrogen) atoms. The van der Waals surface area contributed by atoms with E-state index in [1.807, 2.05) is 0 Å². The molecule has 0 fully saturated rings. The molecule has 2 aromatic carbocycles. The van der Waals surface area contributed by atoms with Crippen LogP contribution in [0, 0.1) is 5.82 Å². The van der Waals surface area contributed by atoms with Crippen LogP contribution >= 0.6 is 23.2 Å². The molecule has 0 aliphatic carbocycles. The topological polar surface area (TPSA) is 84.5 Å². The molecule has 10 heteroatoms. The van der Waals surface area contributed by atoms with Crippen molar-refractivity contribution < 1.29 is 22.4 Å². The second-order valence-corrected chi connectivity index (χ2v) is 7.42. The van der Waals surface area contributed by atoms with Gasteiger partial charge in [0.05, 0.1) is 28.1 Å². The summed E-state index contributed by atoms with van der Waals surface area (Å²) in [5.74, 6) is -1.09. The van der Waals surface area contributed by atoms with Crippen LogP contribution in [0.15, 0.2) is 47.4 Å². The molecule has 6 nitrogen and oxygen atoms in total. The zero-order chi connectivity index (χ0) is 18.4. The average Bonchev–Trinajstić information content (AvgIpc) is 2.57. The molecule has 1 amide bonds. The van der Waals surface area contributed by atoms with Crippen molar-refractivity contribution in [3.8, 4) is 0 Å². The van der Waals surface area contributed by atoms with E-state index in [0.717, 1.165) is 0 Å². The van der Waals surface area contributed by atoms with Crippen LogP contribution in [0.4, 0.5) is 4.39 Å². The summed E-state index contributed by atoms with van der Waals surface area (Å²) in [5.41, 5.74) is 2.72. The lowest BCUT2D eigenvalue weighted by Gasteiger charge is -2.09. The van der Waals surface area contributed by atoms with Gasteiger partial charge in [-0.3, -0.25) is 9.63 Å². The molecule has 0 aliphatic heterocycles. The molecule has 0 aliphatic rings. The lowest BCUT2D eigenvalue weighted by Crippen LogP contribution is -2.36. The van der Waals surface area contributed by atoms with E-state index in [4.69, 9.17) is 28.0 Å². The Kier molecular flexibility index (Phi) is 6.74. The number of nitrogens with one attached hydrogen (secondary N) is 2. The molecule has 0 saturated carbocycles. The second kappa shape index (κ2) is 8.59. The van der Waals surface area contributed by atoms with Gasteiger partial charge in [-0.25, -0.2) is 23.0 Å². The number of rotatable bonds is 7. The molecule has 2 aromatic rings. The molecule has 0 atom stereocenters. The highest BCUT2D eigenvalue weighted by Crippen LogP contribution is 2.24. The molecule has 0 radical (unpaired) electrons. The first-order valence-corrected chi connectivity index (χ1v) is 9.11. The highest BCUT2D eigenvalue weighted by Gasteiger charge is 2.16. The molecule has 0 spiro atoms. The first-order valence-electron chi connectivity index (χ1n) is 6.88. The summed E-state index contributed by atoms with van der Waals surface area (Å²) in [5, 5.41) is 0.296. The summed E-state index contributed by atoms with van der Waals surface area (Å²) < 4.78 is 39.0. The van der Waals surface area contributed by atoms with Gasteiger partial charge in [0, 0.05) is 0 Å². The number of hydrogen-bond acceptors (Lipinski definition) is 4. The third kappa shape index (κ3) is 5.94. The van der Waals surface area contributed by atoms with E-state index < -0.39 is 22.5 Å². The van der Waals surface area contributed by atoms with Crippen LogP contribution < -0.4 is 10.2 Å². The Bertz CT molecular complexity index is 860. The highest BCUT2D eigenvalue weighted by atomic mass is 35.5. The van der Waals surface area contributed by atoms with Gasteiger partial charge < -0.3 is 0 Å². The van der Waals surface area contributed by atoms with Crippen LogP contribution in [0.3, 0.4) is 0 Å². The Morgan fingerprint density at radius 3 is 2.40 bits per heavy atom. The number of hydrogen-bond donors (Lipinski definition) is 2. The maximum absolute atomic E-state index is 12.7. The minimum absolute atomic E-state index is 0.00552. The van der Waals surface area contributed by atoms with E-state index in [1.165, 1.54) is 42.5 Å². The first-order chi connectivity index (χ1) is 11.8. The van der Waals surface area contributed by atoms with E-state index in [9.17, 15) is 17.6 Å². The zero-order valence-corrected chi connectivity index (χ0v) is 15.0. The van der Waals surface area contributed by atoms with Crippen LogP contribution in [0.25, 0.3) is 0 Å². The standard InChI is InChI=1S/C15H13Cl2FN2O4S/c16-13-6-5-12(7-14(13)17)25(22,23)19-8-15(21)20-24-9-10-1-3-11(18)4-2-10/h1-7,19H,8-9H2,(H,20,21). The van der Waals surface area contributed by atoms with Gasteiger partial charge in [0.1, 0.15) is 5.82 Å². The van der Waals surface area contributed by atoms with Crippen molar-refractivity contribution >= 4 is 39.1 Å². The van der Waals surface area contributed by atoms with Gasteiger partial charge >= 0.3 is 0 Å².